The Bertz CT molecular complexity index is 494. The van der Waals surface area contributed by atoms with Crippen molar-refractivity contribution in [2.45, 2.75) is 20.4 Å². The van der Waals surface area contributed by atoms with E-state index in [9.17, 15) is 0 Å². The summed E-state index contributed by atoms with van der Waals surface area (Å²) in [4.78, 5) is 0. The number of hydrogen-bond acceptors (Lipinski definition) is 2. The summed E-state index contributed by atoms with van der Waals surface area (Å²) in [5.74, 6) is 0. The fourth-order valence-corrected chi connectivity index (χ4v) is 2.65. The van der Waals surface area contributed by atoms with Gasteiger partial charge in [0.1, 0.15) is 0 Å². The number of aromatic nitrogens is 2. The maximum Gasteiger partial charge on any atom is 0.0816 e. The lowest BCUT2D eigenvalue weighted by Crippen LogP contribution is -2.03. The first kappa shape index (κ1) is 11.4. The lowest BCUT2D eigenvalue weighted by Gasteiger charge is -2.09. The van der Waals surface area contributed by atoms with Crippen LogP contribution in [0.15, 0.2) is 28.9 Å². The minimum Gasteiger partial charge on any atom is -0.325 e. The van der Waals surface area contributed by atoms with Crippen LogP contribution in [0.1, 0.15) is 16.8 Å². The molecule has 0 aliphatic heterocycles. The van der Waals surface area contributed by atoms with Gasteiger partial charge in [-0.1, -0.05) is 6.07 Å². The zero-order valence-corrected chi connectivity index (χ0v) is 11.0. The minimum absolute atomic E-state index is 0.468. The average molecular weight is 280 g/mol. The second-order valence-electron chi connectivity index (χ2n) is 3.87. The summed E-state index contributed by atoms with van der Waals surface area (Å²) >= 11 is 3.57. The van der Waals surface area contributed by atoms with E-state index >= 15 is 0 Å². The highest BCUT2D eigenvalue weighted by Crippen LogP contribution is 2.25. The Morgan fingerprint density at radius 2 is 2.12 bits per heavy atom. The van der Waals surface area contributed by atoms with Crippen molar-refractivity contribution >= 4 is 15.9 Å². The SMILES string of the molecule is Cc1cc(C)c(-n2ccc(CN)n2)c(Br)c1. The molecule has 0 saturated carbocycles. The second-order valence-corrected chi connectivity index (χ2v) is 4.72. The summed E-state index contributed by atoms with van der Waals surface area (Å²) < 4.78 is 2.91. The molecule has 0 aliphatic rings. The Morgan fingerprint density at radius 1 is 1.38 bits per heavy atom. The summed E-state index contributed by atoms with van der Waals surface area (Å²) in [6, 6.07) is 6.17. The van der Waals surface area contributed by atoms with Crippen LogP contribution in [0, 0.1) is 13.8 Å². The van der Waals surface area contributed by atoms with Crippen LogP contribution < -0.4 is 5.73 Å². The van der Waals surface area contributed by atoms with Gasteiger partial charge in [-0.05, 0) is 53.0 Å². The number of aryl methyl sites for hydroxylation is 2. The van der Waals surface area contributed by atoms with Gasteiger partial charge in [0, 0.05) is 17.2 Å². The van der Waals surface area contributed by atoms with Gasteiger partial charge >= 0.3 is 0 Å². The van der Waals surface area contributed by atoms with E-state index in [2.05, 4.69) is 47.0 Å². The van der Waals surface area contributed by atoms with Crippen molar-refractivity contribution in [1.29, 1.82) is 0 Å². The summed E-state index contributed by atoms with van der Waals surface area (Å²) in [5.41, 5.74) is 9.95. The molecule has 2 rings (SSSR count). The average Bonchev–Trinajstić information content (AvgIpc) is 2.64. The monoisotopic (exact) mass is 279 g/mol. The van der Waals surface area contributed by atoms with Crippen molar-refractivity contribution in [3.05, 3.63) is 45.7 Å². The molecular formula is C12H14BrN3. The predicted molar refractivity (Wildman–Crippen MR) is 68.6 cm³/mol. The number of nitrogens with zero attached hydrogens (tertiary/aromatic N) is 2. The molecule has 0 aliphatic carbocycles. The van der Waals surface area contributed by atoms with Crippen LogP contribution in [0.25, 0.3) is 5.69 Å². The third-order valence-electron chi connectivity index (χ3n) is 2.48. The lowest BCUT2D eigenvalue weighted by atomic mass is 10.1. The van der Waals surface area contributed by atoms with Crippen LogP contribution in [0.4, 0.5) is 0 Å². The zero-order valence-electron chi connectivity index (χ0n) is 9.37. The summed E-state index contributed by atoms with van der Waals surface area (Å²) in [6.07, 6.45) is 1.94. The number of benzene rings is 1. The molecular weight excluding hydrogens is 266 g/mol. The Labute approximate surface area is 103 Å². The first-order valence-corrected chi connectivity index (χ1v) is 5.93. The highest BCUT2D eigenvalue weighted by Gasteiger charge is 2.08. The smallest absolute Gasteiger partial charge is 0.0816 e. The molecule has 0 radical (unpaired) electrons. The molecule has 0 spiro atoms. The predicted octanol–water partition coefficient (Wildman–Crippen LogP) is 2.71. The number of halogens is 1. The highest BCUT2D eigenvalue weighted by molar-refractivity contribution is 9.10. The Balaban J connectivity index is 2.55. The molecule has 1 aromatic carbocycles. The molecule has 3 nitrogen and oxygen atoms in total. The Kier molecular flexibility index (Phi) is 3.12. The van der Waals surface area contributed by atoms with Gasteiger partial charge in [0.2, 0.25) is 0 Å². The molecule has 0 atom stereocenters. The molecule has 0 unspecified atom stereocenters. The summed E-state index contributed by atoms with van der Waals surface area (Å²) in [6.45, 7) is 4.63. The van der Waals surface area contributed by atoms with Crippen LogP contribution in [0.3, 0.4) is 0 Å². The fraction of sp³-hybridized carbons (Fsp3) is 0.250. The van der Waals surface area contributed by atoms with Gasteiger partial charge in [0.05, 0.1) is 11.4 Å². The van der Waals surface area contributed by atoms with E-state index < -0.39 is 0 Å². The lowest BCUT2D eigenvalue weighted by molar-refractivity contribution is 0.825. The maximum absolute atomic E-state index is 5.55. The van der Waals surface area contributed by atoms with Gasteiger partial charge in [-0.3, -0.25) is 0 Å². The van der Waals surface area contributed by atoms with Crippen molar-refractivity contribution in [2.24, 2.45) is 5.73 Å². The molecule has 2 N–H and O–H groups in total. The van der Waals surface area contributed by atoms with E-state index in [-0.39, 0.29) is 0 Å². The van der Waals surface area contributed by atoms with Crippen molar-refractivity contribution in [3.8, 4) is 5.69 Å². The fourth-order valence-electron chi connectivity index (χ4n) is 1.79. The Morgan fingerprint density at radius 3 is 2.69 bits per heavy atom. The van der Waals surface area contributed by atoms with Gasteiger partial charge in [-0.15, -0.1) is 0 Å². The molecule has 84 valence electrons. The number of rotatable bonds is 2. The van der Waals surface area contributed by atoms with Crippen molar-refractivity contribution in [3.63, 3.8) is 0 Å². The quantitative estimate of drug-likeness (QED) is 0.919. The standard InChI is InChI=1S/C12H14BrN3/c1-8-5-9(2)12(11(13)6-8)16-4-3-10(7-14)15-16/h3-6H,7,14H2,1-2H3. The van der Waals surface area contributed by atoms with Gasteiger partial charge in [0.15, 0.2) is 0 Å². The van der Waals surface area contributed by atoms with Gasteiger partial charge in [-0.2, -0.15) is 5.10 Å². The molecule has 0 bridgehead atoms. The minimum atomic E-state index is 0.468. The molecule has 0 amide bonds. The molecule has 16 heavy (non-hydrogen) atoms. The van der Waals surface area contributed by atoms with Crippen molar-refractivity contribution < 1.29 is 0 Å². The second kappa shape index (κ2) is 4.39. The molecule has 1 heterocycles. The molecule has 4 heteroatoms. The largest absolute Gasteiger partial charge is 0.325 e. The molecule has 1 aromatic heterocycles. The molecule has 0 saturated heterocycles. The van der Waals surface area contributed by atoms with E-state index in [4.69, 9.17) is 5.73 Å². The van der Waals surface area contributed by atoms with E-state index in [1.54, 1.807) is 0 Å². The maximum atomic E-state index is 5.55. The van der Waals surface area contributed by atoms with Crippen LogP contribution in [0.2, 0.25) is 0 Å². The van der Waals surface area contributed by atoms with E-state index in [0.717, 1.165) is 15.9 Å². The van der Waals surface area contributed by atoms with E-state index in [1.165, 1.54) is 11.1 Å². The highest BCUT2D eigenvalue weighted by atomic mass is 79.9. The van der Waals surface area contributed by atoms with Crippen LogP contribution in [-0.4, -0.2) is 9.78 Å². The third-order valence-corrected chi connectivity index (χ3v) is 3.09. The van der Waals surface area contributed by atoms with Crippen molar-refractivity contribution in [2.75, 3.05) is 0 Å². The number of hydrogen-bond donors (Lipinski definition) is 1. The van der Waals surface area contributed by atoms with Crippen LogP contribution >= 0.6 is 15.9 Å². The van der Waals surface area contributed by atoms with E-state index in [1.807, 2.05) is 16.9 Å². The first-order chi connectivity index (χ1) is 7.61. The zero-order chi connectivity index (χ0) is 11.7. The Hall–Kier alpha value is -1.13. The van der Waals surface area contributed by atoms with E-state index in [0.29, 0.717) is 6.54 Å². The molecule has 2 aromatic rings. The van der Waals surface area contributed by atoms with Gasteiger partial charge < -0.3 is 5.73 Å². The summed E-state index contributed by atoms with van der Waals surface area (Å²) in [5, 5.41) is 4.41. The van der Waals surface area contributed by atoms with Crippen LogP contribution in [-0.2, 0) is 6.54 Å². The third kappa shape index (κ3) is 2.03. The summed E-state index contributed by atoms with van der Waals surface area (Å²) in [7, 11) is 0. The normalized spacial score (nSPS) is 10.8. The van der Waals surface area contributed by atoms with Crippen molar-refractivity contribution in [1.82, 2.24) is 9.78 Å². The molecule has 0 fully saturated rings. The topological polar surface area (TPSA) is 43.8 Å². The van der Waals surface area contributed by atoms with Gasteiger partial charge in [-0.25, -0.2) is 4.68 Å². The van der Waals surface area contributed by atoms with Gasteiger partial charge in [0.25, 0.3) is 0 Å². The first-order valence-electron chi connectivity index (χ1n) is 5.13. The number of nitrogens with two attached hydrogens (primary N) is 1. The van der Waals surface area contributed by atoms with Crippen LogP contribution in [0.5, 0.6) is 0 Å².